The fourth-order valence-electron chi connectivity index (χ4n) is 2.32. The summed E-state index contributed by atoms with van der Waals surface area (Å²) >= 11 is 0. The second-order valence-corrected chi connectivity index (χ2v) is 5.04. The van der Waals surface area contributed by atoms with E-state index in [1.807, 2.05) is 24.3 Å². The lowest BCUT2D eigenvalue weighted by Gasteiger charge is -2.24. The van der Waals surface area contributed by atoms with Crippen molar-refractivity contribution >= 4 is 17.5 Å². The highest BCUT2D eigenvalue weighted by Gasteiger charge is 2.14. The molecule has 6 nitrogen and oxygen atoms in total. The number of nitrogen functional groups attached to an aromatic ring is 1. The van der Waals surface area contributed by atoms with Crippen molar-refractivity contribution < 1.29 is 4.74 Å². The van der Waals surface area contributed by atoms with E-state index in [9.17, 15) is 0 Å². The number of anilines is 3. The lowest BCUT2D eigenvalue weighted by Crippen LogP contribution is -2.37. The van der Waals surface area contributed by atoms with Gasteiger partial charge >= 0.3 is 0 Å². The van der Waals surface area contributed by atoms with Crippen LogP contribution in [-0.2, 0) is 0 Å². The van der Waals surface area contributed by atoms with Crippen molar-refractivity contribution in [3.63, 3.8) is 0 Å². The van der Waals surface area contributed by atoms with Crippen LogP contribution in [-0.4, -0.2) is 29.2 Å². The molecule has 0 aliphatic carbocycles. The molecular formula is C15H19N5O. The lowest BCUT2D eigenvalue weighted by molar-refractivity contribution is 0.167. The van der Waals surface area contributed by atoms with Gasteiger partial charge in [-0.05, 0) is 37.6 Å². The second kappa shape index (κ2) is 6.41. The minimum absolute atomic E-state index is 0.234. The minimum atomic E-state index is 0.234. The number of aromatic nitrogens is 2. The molecule has 0 amide bonds. The molecule has 0 radical (unpaired) electrons. The molecule has 3 rings (SSSR count). The van der Waals surface area contributed by atoms with Gasteiger partial charge in [0.1, 0.15) is 17.7 Å². The fourth-order valence-corrected chi connectivity index (χ4v) is 2.32. The number of ether oxygens (including phenoxy) is 1. The highest BCUT2D eigenvalue weighted by Crippen LogP contribution is 2.22. The van der Waals surface area contributed by atoms with Gasteiger partial charge in [0.15, 0.2) is 0 Å². The molecule has 2 heterocycles. The van der Waals surface area contributed by atoms with E-state index in [0.29, 0.717) is 11.8 Å². The smallest absolute Gasteiger partial charge is 0.229 e. The van der Waals surface area contributed by atoms with Gasteiger partial charge in [0.05, 0.1) is 0 Å². The Morgan fingerprint density at radius 1 is 1.33 bits per heavy atom. The van der Waals surface area contributed by atoms with Gasteiger partial charge in [0.25, 0.3) is 0 Å². The van der Waals surface area contributed by atoms with Gasteiger partial charge in [-0.3, -0.25) is 0 Å². The largest absolute Gasteiger partial charge is 0.489 e. The summed E-state index contributed by atoms with van der Waals surface area (Å²) in [5, 5.41) is 6.47. The summed E-state index contributed by atoms with van der Waals surface area (Å²) in [5.74, 6) is 1.76. The number of piperidine rings is 1. The molecule has 1 saturated heterocycles. The first-order valence-electron chi connectivity index (χ1n) is 7.12. The molecule has 1 fully saturated rings. The molecule has 4 N–H and O–H groups in total. The van der Waals surface area contributed by atoms with Gasteiger partial charge in [-0.2, -0.15) is 4.98 Å². The van der Waals surface area contributed by atoms with Gasteiger partial charge in [0, 0.05) is 24.5 Å². The van der Waals surface area contributed by atoms with Crippen LogP contribution in [0.1, 0.15) is 12.8 Å². The number of nitrogens with two attached hydrogens (primary N) is 1. The molecule has 1 aliphatic heterocycles. The van der Waals surface area contributed by atoms with Crippen LogP contribution < -0.4 is 21.1 Å². The average molecular weight is 285 g/mol. The Kier molecular flexibility index (Phi) is 4.16. The van der Waals surface area contributed by atoms with Crippen molar-refractivity contribution in [2.75, 3.05) is 24.1 Å². The quantitative estimate of drug-likeness (QED) is 0.796. The fraction of sp³-hybridized carbons (Fsp3) is 0.333. The van der Waals surface area contributed by atoms with Crippen LogP contribution in [0.3, 0.4) is 0 Å². The molecule has 21 heavy (non-hydrogen) atoms. The first kappa shape index (κ1) is 13.6. The van der Waals surface area contributed by atoms with Crippen molar-refractivity contribution in [3.8, 4) is 5.75 Å². The first-order valence-corrected chi connectivity index (χ1v) is 7.12. The predicted octanol–water partition coefficient (Wildman–Crippen LogP) is 1.93. The van der Waals surface area contributed by atoms with E-state index < -0.39 is 0 Å². The molecule has 1 unspecified atom stereocenters. The molecule has 0 spiro atoms. The van der Waals surface area contributed by atoms with Gasteiger partial charge < -0.3 is 21.1 Å². The van der Waals surface area contributed by atoms with E-state index in [2.05, 4.69) is 20.6 Å². The van der Waals surface area contributed by atoms with Crippen molar-refractivity contribution in [2.45, 2.75) is 18.9 Å². The SMILES string of the molecule is Nc1ccnc(Nc2cccc(OC3CCCNC3)c2)n1. The van der Waals surface area contributed by atoms with Crippen molar-refractivity contribution in [1.82, 2.24) is 15.3 Å². The molecular weight excluding hydrogens is 266 g/mol. The number of hydrogen-bond donors (Lipinski definition) is 3. The minimum Gasteiger partial charge on any atom is -0.489 e. The molecule has 0 bridgehead atoms. The molecule has 2 aromatic rings. The van der Waals surface area contributed by atoms with Crippen LogP contribution >= 0.6 is 0 Å². The summed E-state index contributed by atoms with van der Waals surface area (Å²) in [7, 11) is 0. The monoisotopic (exact) mass is 285 g/mol. The summed E-state index contributed by atoms with van der Waals surface area (Å²) in [6.45, 7) is 1.98. The van der Waals surface area contributed by atoms with Gasteiger partial charge in [-0.15, -0.1) is 0 Å². The maximum atomic E-state index is 5.99. The normalized spacial score (nSPS) is 18.2. The Balaban J connectivity index is 1.67. The Bertz CT molecular complexity index is 598. The standard InChI is InChI=1S/C15H19N5O/c16-14-6-8-18-15(20-14)19-11-3-1-4-12(9-11)21-13-5-2-7-17-10-13/h1,3-4,6,8-9,13,17H,2,5,7,10H2,(H3,16,18,19,20). The van der Waals surface area contributed by atoms with Crippen molar-refractivity contribution in [3.05, 3.63) is 36.5 Å². The van der Waals surface area contributed by atoms with Crippen LogP contribution in [0.15, 0.2) is 36.5 Å². The maximum absolute atomic E-state index is 5.99. The molecule has 6 heteroatoms. The Hall–Kier alpha value is -2.34. The van der Waals surface area contributed by atoms with Gasteiger partial charge in [-0.1, -0.05) is 6.07 Å². The Labute approximate surface area is 123 Å². The average Bonchev–Trinajstić information content (AvgIpc) is 2.49. The third kappa shape index (κ3) is 3.82. The molecule has 1 atom stereocenters. The van der Waals surface area contributed by atoms with Crippen molar-refractivity contribution in [1.29, 1.82) is 0 Å². The summed E-state index contributed by atoms with van der Waals surface area (Å²) in [5.41, 5.74) is 6.52. The van der Waals surface area contributed by atoms with E-state index in [0.717, 1.165) is 37.4 Å². The molecule has 0 saturated carbocycles. The summed E-state index contributed by atoms with van der Waals surface area (Å²) in [6.07, 6.45) is 4.10. The Morgan fingerprint density at radius 3 is 3.10 bits per heavy atom. The van der Waals surface area contributed by atoms with Gasteiger partial charge in [0.2, 0.25) is 5.95 Å². The number of benzene rings is 1. The molecule has 1 aromatic heterocycles. The molecule has 1 aliphatic rings. The second-order valence-electron chi connectivity index (χ2n) is 5.04. The zero-order valence-corrected chi connectivity index (χ0v) is 11.7. The predicted molar refractivity (Wildman–Crippen MR) is 82.7 cm³/mol. The zero-order valence-electron chi connectivity index (χ0n) is 11.7. The number of nitrogens with zero attached hydrogens (tertiary/aromatic N) is 2. The van der Waals surface area contributed by atoms with Crippen molar-refractivity contribution in [2.24, 2.45) is 0 Å². The van der Waals surface area contributed by atoms with Crippen LogP contribution in [0.5, 0.6) is 5.75 Å². The van der Waals surface area contributed by atoms with E-state index in [-0.39, 0.29) is 6.10 Å². The van der Waals surface area contributed by atoms with E-state index in [1.54, 1.807) is 12.3 Å². The summed E-state index contributed by atoms with van der Waals surface area (Å²) < 4.78 is 5.99. The van der Waals surface area contributed by atoms with Crippen LogP contribution in [0.25, 0.3) is 0 Å². The summed E-state index contributed by atoms with van der Waals surface area (Å²) in [4.78, 5) is 8.25. The van der Waals surface area contributed by atoms with Crippen LogP contribution in [0, 0.1) is 0 Å². The van der Waals surface area contributed by atoms with Crippen LogP contribution in [0.2, 0.25) is 0 Å². The third-order valence-electron chi connectivity index (χ3n) is 3.32. The highest BCUT2D eigenvalue weighted by molar-refractivity contribution is 5.56. The lowest BCUT2D eigenvalue weighted by atomic mass is 10.1. The zero-order chi connectivity index (χ0) is 14.5. The Morgan fingerprint density at radius 2 is 2.29 bits per heavy atom. The number of rotatable bonds is 4. The first-order chi connectivity index (χ1) is 10.3. The summed E-state index contributed by atoms with van der Waals surface area (Å²) in [6, 6.07) is 9.45. The third-order valence-corrected chi connectivity index (χ3v) is 3.32. The van der Waals surface area contributed by atoms with E-state index >= 15 is 0 Å². The van der Waals surface area contributed by atoms with E-state index in [4.69, 9.17) is 10.5 Å². The van der Waals surface area contributed by atoms with Gasteiger partial charge in [-0.25, -0.2) is 4.98 Å². The topological polar surface area (TPSA) is 85.1 Å². The maximum Gasteiger partial charge on any atom is 0.229 e. The highest BCUT2D eigenvalue weighted by atomic mass is 16.5. The molecule has 110 valence electrons. The number of nitrogens with one attached hydrogen (secondary N) is 2. The van der Waals surface area contributed by atoms with Crippen LogP contribution in [0.4, 0.5) is 17.5 Å². The van der Waals surface area contributed by atoms with E-state index in [1.165, 1.54) is 0 Å². The molecule has 1 aromatic carbocycles. The number of hydrogen-bond acceptors (Lipinski definition) is 6.